The lowest BCUT2D eigenvalue weighted by Gasteiger charge is -2.42. The molecule has 66 heavy (non-hydrogen) atoms. The Kier molecular flexibility index (Phi) is 9.17. The fourth-order valence-electron chi connectivity index (χ4n) is 11.8. The van der Waals surface area contributed by atoms with E-state index in [4.69, 9.17) is 0 Å². The Labute approximate surface area is 390 Å². The minimum atomic E-state index is 0.0968. The number of aryl methyl sites for hydroxylation is 3. The first-order chi connectivity index (χ1) is 31.9. The molecule has 12 rings (SSSR count). The second-order valence-electron chi connectivity index (χ2n) is 20.5. The van der Waals surface area contributed by atoms with E-state index in [2.05, 4.69) is 235 Å². The second-order valence-corrected chi connectivity index (χ2v) is 20.5. The summed E-state index contributed by atoms with van der Waals surface area (Å²) >= 11 is 0. The summed E-state index contributed by atoms with van der Waals surface area (Å²) in [7, 11) is 2.49. The van der Waals surface area contributed by atoms with Gasteiger partial charge in [0.15, 0.2) is 7.28 Å². The molecule has 3 heteroatoms. The molecule has 1 aliphatic heterocycles. The number of benzene rings is 9. The molecular weight excluding hydrogens is 796 g/mol. The Hall–Kier alpha value is -7.10. The van der Waals surface area contributed by atoms with Crippen LogP contribution in [0.2, 0.25) is 0 Å². The maximum absolute atomic E-state index is 4.07. The molecular formula is C63H54BN2. The van der Waals surface area contributed by atoms with Crippen molar-refractivity contribution in [2.45, 2.75) is 72.1 Å². The van der Waals surface area contributed by atoms with Crippen molar-refractivity contribution in [3.8, 4) is 50.2 Å². The standard InChI is InChI=1S/C63H54BN2/c1-38-30-39(2)58(40(3)31-38)46-34-51(59-48-21-15-14-20-43(48)22-26-55(59)65-47-24-25-52-53(37-47)63(6,7)29-28-62(52,4)5)60-57(36-46)66-56-27-23-44(41-16-10-8-11-17-41)32-49(56)50-33-45(35-54(64-60)61(50)66)42-18-12-9-13-19-42/h8-27,30-37,65H,28-29H2,1-7H3. The zero-order valence-corrected chi connectivity index (χ0v) is 39.1. The predicted molar refractivity (Wildman–Crippen MR) is 284 cm³/mol. The van der Waals surface area contributed by atoms with Gasteiger partial charge in [0.05, 0.1) is 5.52 Å². The number of fused-ring (bicyclic) bond motifs is 7. The molecule has 0 amide bonds. The number of hydrogen-bond acceptors (Lipinski definition) is 1. The first-order valence-electron chi connectivity index (χ1n) is 23.7. The first kappa shape index (κ1) is 40.4. The third-order valence-electron chi connectivity index (χ3n) is 15.1. The number of nitrogens with one attached hydrogen (secondary N) is 1. The van der Waals surface area contributed by atoms with Gasteiger partial charge in [0.25, 0.3) is 0 Å². The molecule has 1 aromatic heterocycles. The van der Waals surface area contributed by atoms with Crippen molar-refractivity contribution in [2.75, 3.05) is 5.32 Å². The third-order valence-corrected chi connectivity index (χ3v) is 15.1. The molecule has 10 aromatic rings. The zero-order chi connectivity index (χ0) is 45.1. The van der Waals surface area contributed by atoms with E-state index in [-0.39, 0.29) is 10.8 Å². The minimum absolute atomic E-state index is 0.0968. The summed E-state index contributed by atoms with van der Waals surface area (Å²) in [6.07, 6.45) is 2.37. The van der Waals surface area contributed by atoms with E-state index in [1.165, 1.54) is 134 Å². The Morgan fingerprint density at radius 1 is 0.500 bits per heavy atom. The molecule has 2 aliphatic rings. The van der Waals surface area contributed by atoms with Crippen LogP contribution in [-0.2, 0) is 10.8 Å². The Balaban J connectivity index is 1.16. The first-order valence-corrected chi connectivity index (χ1v) is 23.7. The summed E-state index contributed by atoms with van der Waals surface area (Å²) in [6.45, 7) is 16.4. The van der Waals surface area contributed by atoms with Crippen molar-refractivity contribution < 1.29 is 0 Å². The highest BCUT2D eigenvalue weighted by Crippen LogP contribution is 2.48. The number of nitrogens with zero attached hydrogens (tertiary/aromatic N) is 1. The van der Waals surface area contributed by atoms with Crippen LogP contribution in [-0.4, -0.2) is 11.8 Å². The van der Waals surface area contributed by atoms with Crippen LogP contribution in [0, 0.1) is 20.8 Å². The summed E-state index contributed by atoms with van der Waals surface area (Å²) in [4.78, 5) is 0. The van der Waals surface area contributed by atoms with E-state index < -0.39 is 0 Å². The third kappa shape index (κ3) is 6.46. The monoisotopic (exact) mass is 849 g/mol. The molecule has 0 fully saturated rings. The summed E-state index contributed by atoms with van der Waals surface area (Å²) < 4.78 is 2.58. The topological polar surface area (TPSA) is 17.0 Å². The van der Waals surface area contributed by atoms with Crippen LogP contribution in [0.25, 0.3) is 82.8 Å². The van der Waals surface area contributed by atoms with Crippen molar-refractivity contribution in [3.05, 3.63) is 198 Å². The van der Waals surface area contributed by atoms with Crippen LogP contribution in [0.3, 0.4) is 0 Å². The molecule has 9 aromatic carbocycles. The summed E-state index contributed by atoms with van der Waals surface area (Å²) in [5.74, 6) is 0. The number of hydrogen-bond donors (Lipinski definition) is 1. The highest BCUT2D eigenvalue weighted by atomic mass is 15.0. The normalized spacial score (nSPS) is 14.5. The van der Waals surface area contributed by atoms with Crippen LogP contribution in [0.1, 0.15) is 68.4 Å². The second kappa shape index (κ2) is 15.0. The van der Waals surface area contributed by atoms with Gasteiger partial charge in [-0.05, 0) is 170 Å². The molecule has 1 N–H and O–H groups in total. The quantitative estimate of drug-likeness (QED) is 0.165. The highest BCUT2D eigenvalue weighted by Gasteiger charge is 2.37. The lowest BCUT2D eigenvalue weighted by molar-refractivity contribution is 0.332. The highest BCUT2D eigenvalue weighted by molar-refractivity contribution is 6.73. The van der Waals surface area contributed by atoms with Gasteiger partial charge in [-0.25, -0.2) is 0 Å². The molecule has 0 atom stereocenters. The van der Waals surface area contributed by atoms with Gasteiger partial charge in [-0.2, -0.15) is 0 Å². The number of rotatable bonds is 6. The van der Waals surface area contributed by atoms with E-state index in [0.717, 1.165) is 11.4 Å². The van der Waals surface area contributed by atoms with E-state index >= 15 is 0 Å². The number of aromatic nitrogens is 1. The average molecular weight is 850 g/mol. The van der Waals surface area contributed by atoms with Crippen molar-refractivity contribution >= 4 is 62.2 Å². The van der Waals surface area contributed by atoms with Gasteiger partial charge in [-0.3, -0.25) is 0 Å². The van der Waals surface area contributed by atoms with E-state index in [9.17, 15) is 0 Å². The summed E-state index contributed by atoms with van der Waals surface area (Å²) in [5.41, 5.74) is 25.2. The maximum atomic E-state index is 4.07. The molecule has 0 saturated carbocycles. The van der Waals surface area contributed by atoms with Gasteiger partial charge >= 0.3 is 0 Å². The van der Waals surface area contributed by atoms with Gasteiger partial charge in [0, 0.05) is 38.9 Å². The smallest absolute Gasteiger partial charge is 0.197 e. The average Bonchev–Trinajstić information content (AvgIpc) is 3.65. The van der Waals surface area contributed by atoms with Gasteiger partial charge in [-0.15, -0.1) is 0 Å². The zero-order valence-electron chi connectivity index (χ0n) is 39.1. The van der Waals surface area contributed by atoms with E-state index in [0.29, 0.717) is 0 Å². The molecule has 2 heterocycles. The fraction of sp³-hybridized carbons (Fsp3) is 0.175. The molecule has 0 spiro atoms. The van der Waals surface area contributed by atoms with Crippen LogP contribution < -0.4 is 16.2 Å². The molecule has 1 aliphatic carbocycles. The predicted octanol–water partition coefficient (Wildman–Crippen LogP) is 15.6. The lowest BCUT2D eigenvalue weighted by Crippen LogP contribution is -2.37. The molecule has 0 unspecified atom stereocenters. The molecule has 0 saturated heterocycles. The Morgan fingerprint density at radius 2 is 1.17 bits per heavy atom. The van der Waals surface area contributed by atoms with Crippen LogP contribution >= 0.6 is 0 Å². The Bertz CT molecular complexity index is 3590. The Morgan fingerprint density at radius 3 is 1.91 bits per heavy atom. The SMILES string of the molecule is Cc1cc(C)c(-c2cc(-c3c(Nc4ccc5c(c4)C(C)(C)CCC5(C)C)ccc4ccccc34)c3c(c2)-n2c4ccc(-c5ccccc5)cc4c4cc(-c5ccccc5)cc(c42)[B]3)c(C)c1. The lowest BCUT2D eigenvalue weighted by atomic mass is 9.58. The van der Waals surface area contributed by atoms with Gasteiger partial charge in [0.1, 0.15) is 0 Å². The van der Waals surface area contributed by atoms with Crippen molar-refractivity contribution in [1.29, 1.82) is 0 Å². The molecule has 319 valence electrons. The number of anilines is 2. The van der Waals surface area contributed by atoms with Crippen molar-refractivity contribution in [2.24, 2.45) is 0 Å². The van der Waals surface area contributed by atoms with Crippen LogP contribution in [0.15, 0.2) is 170 Å². The molecule has 1 radical (unpaired) electrons. The van der Waals surface area contributed by atoms with E-state index in [1.54, 1.807) is 0 Å². The van der Waals surface area contributed by atoms with Gasteiger partial charge in [-0.1, -0.05) is 160 Å². The van der Waals surface area contributed by atoms with Gasteiger partial charge < -0.3 is 9.88 Å². The minimum Gasteiger partial charge on any atom is -0.355 e. The van der Waals surface area contributed by atoms with Crippen molar-refractivity contribution in [1.82, 2.24) is 4.57 Å². The molecule has 2 nitrogen and oxygen atoms in total. The fourth-order valence-corrected chi connectivity index (χ4v) is 11.8. The maximum Gasteiger partial charge on any atom is 0.197 e. The largest absolute Gasteiger partial charge is 0.355 e. The van der Waals surface area contributed by atoms with Crippen molar-refractivity contribution in [3.63, 3.8) is 0 Å². The van der Waals surface area contributed by atoms with Gasteiger partial charge in [0.2, 0.25) is 0 Å². The summed E-state index contributed by atoms with van der Waals surface area (Å²) in [5, 5.41) is 9.04. The van der Waals surface area contributed by atoms with Crippen LogP contribution in [0.4, 0.5) is 11.4 Å². The summed E-state index contributed by atoms with van der Waals surface area (Å²) in [6, 6.07) is 63.9. The molecule has 0 bridgehead atoms. The van der Waals surface area contributed by atoms with E-state index in [1.807, 2.05) is 0 Å². The van der Waals surface area contributed by atoms with Crippen LogP contribution in [0.5, 0.6) is 0 Å².